The van der Waals surface area contributed by atoms with Crippen LogP contribution in [0.25, 0.3) is 11.4 Å². The SMILES string of the molecule is Cn1ccnc1-c1cccc(NC(=O)c2ccc(NC=O)cc2)c1. The summed E-state index contributed by atoms with van der Waals surface area (Å²) in [5, 5.41) is 5.40. The molecule has 3 rings (SSSR count). The molecule has 0 spiro atoms. The zero-order chi connectivity index (χ0) is 16.9. The standard InChI is InChI=1S/C18H16N4O2/c1-22-10-9-19-17(22)14-3-2-4-16(11-14)21-18(24)13-5-7-15(8-6-13)20-12-23/h2-12H,1H3,(H,20,23)(H,21,24). The maximum Gasteiger partial charge on any atom is 0.255 e. The van der Waals surface area contributed by atoms with Crippen molar-refractivity contribution in [2.24, 2.45) is 7.05 Å². The number of benzene rings is 2. The molecule has 0 aliphatic heterocycles. The first-order chi connectivity index (χ1) is 11.7. The van der Waals surface area contributed by atoms with E-state index in [1.165, 1.54) is 0 Å². The van der Waals surface area contributed by atoms with Crippen LogP contribution in [0.4, 0.5) is 11.4 Å². The van der Waals surface area contributed by atoms with E-state index >= 15 is 0 Å². The predicted octanol–water partition coefficient (Wildman–Crippen LogP) is 2.91. The summed E-state index contributed by atoms with van der Waals surface area (Å²) in [6.07, 6.45) is 4.20. The summed E-state index contributed by atoms with van der Waals surface area (Å²) in [6, 6.07) is 14.2. The Hall–Kier alpha value is -3.41. The van der Waals surface area contributed by atoms with E-state index in [4.69, 9.17) is 0 Å². The lowest BCUT2D eigenvalue weighted by Crippen LogP contribution is -2.12. The number of aryl methyl sites for hydroxylation is 1. The highest BCUT2D eigenvalue weighted by molar-refractivity contribution is 6.04. The van der Waals surface area contributed by atoms with E-state index in [1.807, 2.05) is 42.1 Å². The smallest absolute Gasteiger partial charge is 0.255 e. The first-order valence-corrected chi connectivity index (χ1v) is 7.37. The molecule has 0 saturated carbocycles. The van der Waals surface area contributed by atoms with Gasteiger partial charge in [-0.15, -0.1) is 0 Å². The van der Waals surface area contributed by atoms with Gasteiger partial charge in [0.15, 0.2) is 0 Å². The third kappa shape index (κ3) is 3.33. The Morgan fingerprint density at radius 3 is 2.58 bits per heavy atom. The van der Waals surface area contributed by atoms with Gasteiger partial charge in [-0.25, -0.2) is 4.98 Å². The van der Waals surface area contributed by atoms with Crippen LogP contribution >= 0.6 is 0 Å². The van der Waals surface area contributed by atoms with Gasteiger partial charge in [0.1, 0.15) is 5.82 Å². The number of carbonyl (C=O) groups excluding carboxylic acids is 2. The number of nitrogens with one attached hydrogen (secondary N) is 2. The minimum absolute atomic E-state index is 0.218. The average molecular weight is 320 g/mol. The van der Waals surface area contributed by atoms with Crippen molar-refractivity contribution < 1.29 is 9.59 Å². The molecule has 2 aromatic carbocycles. The van der Waals surface area contributed by atoms with Crippen molar-refractivity contribution in [2.75, 3.05) is 10.6 Å². The molecule has 24 heavy (non-hydrogen) atoms. The molecule has 0 atom stereocenters. The lowest BCUT2D eigenvalue weighted by molar-refractivity contribution is -0.105. The van der Waals surface area contributed by atoms with Gasteiger partial charge in [-0.3, -0.25) is 9.59 Å². The van der Waals surface area contributed by atoms with Crippen molar-refractivity contribution in [1.82, 2.24) is 9.55 Å². The number of aromatic nitrogens is 2. The van der Waals surface area contributed by atoms with Crippen LogP contribution in [0.2, 0.25) is 0 Å². The van der Waals surface area contributed by atoms with E-state index in [2.05, 4.69) is 15.6 Å². The van der Waals surface area contributed by atoms with E-state index in [-0.39, 0.29) is 5.91 Å². The molecule has 0 fully saturated rings. The average Bonchev–Trinajstić information content (AvgIpc) is 3.02. The van der Waals surface area contributed by atoms with Crippen molar-refractivity contribution >= 4 is 23.7 Å². The molecule has 6 nitrogen and oxygen atoms in total. The Kier molecular flexibility index (Phi) is 4.38. The van der Waals surface area contributed by atoms with Gasteiger partial charge in [-0.1, -0.05) is 12.1 Å². The fourth-order valence-electron chi connectivity index (χ4n) is 2.37. The molecule has 0 unspecified atom stereocenters. The van der Waals surface area contributed by atoms with E-state index < -0.39 is 0 Å². The normalized spacial score (nSPS) is 10.2. The molecular weight excluding hydrogens is 304 g/mol. The summed E-state index contributed by atoms with van der Waals surface area (Å²) in [6.45, 7) is 0. The highest BCUT2D eigenvalue weighted by atomic mass is 16.1. The molecule has 0 aliphatic rings. The fraction of sp³-hybridized carbons (Fsp3) is 0.0556. The summed E-state index contributed by atoms with van der Waals surface area (Å²) in [7, 11) is 1.92. The minimum Gasteiger partial charge on any atom is -0.334 e. The lowest BCUT2D eigenvalue weighted by Gasteiger charge is -2.08. The van der Waals surface area contributed by atoms with Crippen LogP contribution < -0.4 is 10.6 Å². The third-order valence-corrected chi connectivity index (χ3v) is 3.57. The van der Waals surface area contributed by atoms with Crippen molar-refractivity contribution in [2.45, 2.75) is 0 Å². The quantitative estimate of drug-likeness (QED) is 0.710. The maximum atomic E-state index is 12.3. The van der Waals surface area contributed by atoms with Crippen LogP contribution in [0.1, 0.15) is 10.4 Å². The first kappa shape index (κ1) is 15.5. The highest BCUT2D eigenvalue weighted by Gasteiger charge is 2.08. The van der Waals surface area contributed by atoms with Gasteiger partial charge in [0.25, 0.3) is 5.91 Å². The summed E-state index contributed by atoms with van der Waals surface area (Å²) < 4.78 is 1.92. The fourth-order valence-corrected chi connectivity index (χ4v) is 2.37. The van der Waals surface area contributed by atoms with Crippen molar-refractivity contribution in [3.05, 3.63) is 66.5 Å². The van der Waals surface area contributed by atoms with E-state index in [0.717, 1.165) is 11.4 Å². The minimum atomic E-state index is -0.218. The van der Waals surface area contributed by atoms with Crippen molar-refractivity contribution in [3.63, 3.8) is 0 Å². The van der Waals surface area contributed by atoms with Gasteiger partial charge in [-0.2, -0.15) is 0 Å². The van der Waals surface area contributed by atoms with Gasteiger partial charge >= 0.3 is 0 Å². The van der Waals surface area contributed by atoms with E-state index in [1.54, 1.807) is 30.5 Å². The van der Waals surface area contributed by atoms with Gasteiger partial charge in [0.2, 0.25) is 6.41 Å². The number of rotatable bonds is 5. The van der Waals surface area contributed by atoms with Crippen LogP contribution in [0, 0.1) is 0 Å². The number of anilines is 2. The van der Waals surface area contributed by atoms with Crippen molar-refractivity contribution in [3.8, 4) is 11.4 Å². The Bertz CT molecular complexity index is 869. The van der Waals surface area contributed by atoms with Gasteiger partial charge in [0, 0.05) is 41.9 Å². The second-order valence-corrected chi connectivity index (χ2v) is 5.24. The highest BCUT2D eigenvalue weighted by Crippen LogP contribution is 2.21. The summed E-state index contributed by atoms with van der Waals surface area (Å²) in [5.74, 6) is 0.611. The molecule has 6 heteroatoms. The van der Waals surface area contributed by atoms with Gasteiger partial charge in [0.05, 0.1) is 0 Å². The van der Waals surface area contributed by atoms with E-state index in [0.29, 0.717) is 23.3 Å². The Labute approximate surface area is 139 Å². The molecule has 120 valence electrons. The molecule has 2 amide bonds. The van der Waals surface area contributed by atoms with Crippen molar-refractivity contribution in [1.29, 1.82) is 0 Å². The Balaban J connectivity index is 1.77. The van der Waals surface area contributed by atoms with E-state index in [9.17, 15) is 9.59 Å². The monoisotopic (exact) mass is 320 g/mol. The molecular formula is C18H16N4O2. The van der Waals surface area contributed by atoms with Crippen LogP contribution in [-0.4, -0.2) is 21.9 Å². The Morgan fingerprint density at radius 1 is 1.12 bits per heavy atom. The topological polar surface area (TPSA) is 76.0 Å². The summed E-state index contributed by atoms with van der Waals surface area (Å²) >= 11 is 0. The molecule has 1 heterocycles. The molecule has 0 saturated heterocycles. The predicted molar refractivity (Wildman–Crippen MR) is 92.7 cm³/mol. The summed E-state index contributed by atoms with van der Waals surface area (Å²) in [5.41, 5.74) is 2.76. The Morgan fingerprint density at radius 2 is 1.92 bits per heavy atom. The molecule has 0 aliphatic carbocycles. The largest absolute Gasteiger partial charge is 0.334 e. The van der Waals surface area contributed by atoms with Gasteiger partial charge in [-0.05, 0) is 36.4 Å². The molecule has 0 radical (unpaired) electrons. The van der Waals surface area contributed by atoms with Crippen LogP contribution in [0.3, 0.4) is 0 Å². The maximum absolute atomic E-state index is 12.3. The number of amides is 2. The number of hydrogen-bond donors (Lipinski definition) is 2. The lowest BCUT2D eigenvalue weighted by atomic mass is 10.1. The molecule has 3 aromatic rings. The molecule has 2 N–H and O–H groups in total. The van der Waals surface area contributed by atoms with Crippen LogP contribution in [0.15, 0.2) is 60.9 Å². The van der Waals surface area contributed by atoms with Gasteiger partial charge < -0.3 is 15.2 Å². The zero-order valence-corrected chi connectivity index (χ0v) is 13.1. The second kappa shape index (κ2) is 6.78. The number of nitrogens with zero attached hydrogens (tertiary/aromatic N) is 2. The molecule has 0 bridgehead atoms. The summed E-state index contributed by atoms with van der Waals surface area (Å²) in [4.78, 5) is 27.0. The first-order valence-electron chi connectivity index (χ1n) is 7.37. The third-order valence-electron chi connectivity index (χ3n) is 3.57. The second-order valence-electron chi connectivity index (χ2n) is 5.24. The zero-order valence-electron chi connectivity index (χ0n) is 13.1. The van der Waals surface area contributed by atoms with Crippen LogP contribution in [0.5, 0.6) is 0 Å². The van der Waals surface area contributed by atoms with Crippen LogP contribution in [-0.2, 0) is 11.8 Å². The number of carbonyl (C=O) groups is 2. The molecule has 1 aromatic heterocycles. The number of hydrogen-bond acceptors (Lipinski definition) is 3. The number of imidazole rings is 1.